The van der Waals surface area contributed by atoms with Gasteiger partial charge in [-0.3, -0.25) is 0 Å². The minimum Gasteiger partial charge on any atom is -0.492 e. The van der Waals surface area contributed by atoms with Crippen LogP contribution in [0.25, 0.3) is 0 Å². The number of nitrogens with two attached hydrogens (primary N) is 1. The molecule has 0 aliphatic heterocycles. The molecule has 0 saturated heterocycles. The second kappa shape index (κ2) is 6.36. The van der Waals surface area contributed by atoms with Crippen LogP contribution in [-0.4, -0.2) is 26.6 Å². The lowest BCUT2D eigenvalue weighted by Gasteiger charge is -2.09. The van der Waals surface area contributed by atoms with Crippen LogP contribution in [0.4, 0.5) is 5.69 Å². The smallest absolute Gasteiger partial charge is 0.260 e. The van der Waals surface area contributed by atoms with Crippen molar-refractivity contribution in [2.45, 2.75) is 5.03 Å². The van der Waals surface area contributed by atoms with Gasteiger partial charge >= 0.3 is 0 Å². The molecule has 0 saturated carbocycles. The van der Waals surface area contributed by atoms with Crippen LogP contribution >= 0.6 is 0 Å². The summed E-state index contributed by atoms with van der Waals surface area (Å²) in [7, 11) is -3.71. The fourth-order valence-corrected chi connectivity index (χ4v) is 2.62. The van der Waals surface area contributed by atoms with E-state index in [-0.39, 0.29) is 23.9 Å². The Bertz CT molecular complexity index is 660. The summed E-state index contributed by atoms with van der Waals surface area (Å²) >= 11 is 0. The first-order valence-corrected chi connectivity index (χ1v) is 7.46. The van der Waals surface area contributed by atoms with Crippen LogP contribution in [-0.2, 0) is 10.0 Å². The van der Waals surface area contributed by atoms with Crippen molar-refractivity contribution in [2.24, 2.45) is 0 Å². The predicted molar refractivity (Wildman–Crippen MR) is 75.8 cm³/mol. The highest BCUT2D eigenvalue weighted by molar-refractivity contribution is 7.89. The number of rotatable bonds is 6. The maximum absolute atomic E-state index is 12.0. The summed E-state index contributed by atoms with van der Waals surface area (Å²) in [6.45, 7) is 0.350. The fraction of sp³-hybridized carbons (Fsp3) is 0.154. The van der Waals surface area contributed by atoms with Crippen molar-refractivity contribution in [3.05, 3.63) is 48.7 Å². The third kappa shape index (κ3) is 3.69. The van der Waals surface area contributed by atoms with E-state index >= 15 is 0 Å². The van der Waals surface area contributed by atoms with Crippen LogP contribution < -0.4 is 15.2 Å². The summed E-state index contributed by atoms with van der Waals surface area (Å²) in [5.74, 6) is 0.684. The second-order valence-corrected chi connectivity index (χ2v) is 5.64. The molecule has 0 atom stereocenters. The van der Waals surface area contributed by atoms with Crippen molar-refractivity contribution < 1.29 is 13.2 Å². The number of para-hydroxylation sites is 1. The minimum atomic E-state index is -3.71. The Morgan fingerprint density at radius 2 is 1.90 bits per heavy atom. The Labute approximate surface area is 117 Å². The van der Waals surface area contributed by atoms with Crippen LogP contribution in [0.1, 0.15) is 0 Å². The molecule has 1 aromatic heterocycles. The van der Waals surface area contributed by atoms with E-state index in [1.54, 1.807) is 18.2 Å². The van der Waals surface area contributed by atoms with Crippen molar-refractivity contribution in [3.8, 4) is 5.75 Å². The zero-order valence-electron chi connectivity index (χ0n) is 10.7. The third-order valence-electron chi connectivity index (χ3n) is 2.46. The highest BCUT2D eigenvalue weighted by Crippen LogP contribution is 2.13. The first kappa shape index (κ1) is 14.3. The van der Waals surface area contributed by atoms with E-state index < -0.39 is 10.0 Å². The van der Waals surface area contributed by atoms with Crippen molar-refractivity contribution in [3.63, 3.8) is 0 Å². The largest absolute Gasteiger partial charge is 0.492 e. The molecular formula is C13H15N3O3S. The van der Waals surface area contributed by atoms with Gasteiger partial charge in [-0.1, -0.05) is 18.2 Å². The average Bonchev–Trinajstić information content (AvgIpc) is 2.45. The van der Waals surface area contributed by atoms with Gasteiger partial charge in [0, 0.05) is 12.7 Å². The van der Waals surface area contributed by atoms with Crippen molar-refractivity contribution in [1.82, 2.24) is 9.71 Å². The number of ether oxygens (including phenoxy) is 1. The number of hydrogen-bond acceptors (Lipinski definition) is 5. The quantitative estimate of drug-likeness (QED) is 0.775. The van der Waals surface area contributed by atoms with Crippen LogP contribution in [0.5, 0.6) is 5.75 Å². The summed E-state index contributed by atoms with van der Waals surface area (Å²) in [4.78, 5) is 3.77. The van der Waals surface area contributed by atoms with E-state index in [9.17, 15) is 8.42 Å². The zero-order valence-corrected chi connectivity index (χ0v) is 11.5. The number of aromatic nitrogens is 1. The molecule has 0 radical (unpaired) electrons. The zero-order chi connectivity index (χ0) is 14.4. The molecule has 0 bridgehead atoms. The maximum Gasteiger partial charge on any atom is 0.260 e. The van der Waals surface area contributed by atoms with Gasteiger partial charge in [0.25, 0.3) is 10.0 Å². The standard InChI is InChI=1S/C13H15N3O3S/c14-12-7-4-8-15-13(12)20(17,18)16-9-10-19-11-5-2-1-3-6-11/h1-8,16H,9-10,14H2. The Balaban J connectivity index is 1.89. The number of benzene rings is 1. The second-order valence-electron chi connectivity index (χ2n) is 3.96. The molecule has 2 rings (SSSR count). The number of nitrogens with one attached hydrogen (secondary N) is 1. The average molecular weight is 293 g/mol. The summed E-state index contributed by atoms with van der Waals surface area (Å²) in [6, 6.07) is 12.2. The van der Waals surface area contributed by atoms with Crippen molar-refractivity contribution >= 4 is 15.7 Å². The van der Waals surface area contributed by atoms with Gasteiger partial charge in [-0.05, 0) is 24.3 Å². The van der Waals surface area contributed by atoms with Gasteiger partial charge in [-0.2, -0.15) is 0 Å². The molecule has 1 heterocycles. The first-order chi connectivity index (χ1) is 9.59. The van der Waals surface area contributed by atoms with E-state index in [1.165, 1.54) is 12.3 Å². The molecule has 0 spiro atoms. The van der Waals surface area contributed by atoms with Gasteiger partial charge < -0.3 is 10.5 Å². The SMILES string of the molecule is Nc1cccnc1S(=O)(=O)NCCOc1ccccc1. The molecule has 0 aliphatic rings. The Hall–Kier alpha value is -2.12. The van der Waals surface area contributed by atoms with Crippen LogP contribution in [0.15, 0.2) is 53.7 Å². The molecular weight excluding hydrogens is 278 g/mol. The third-order valence-corrected chi connectivity index (χ3v) is 3.90. The molecule has 2 aromatic rings. The minimum absolute atomic E-state index is 0.115. The summed E-state index contributed by atoms with van der Waals surface area (Å²) in [6.07, 6.45) is 1.38. The van der Waals surface area contributed by atoms with E-state index in [2.05, 4.69) is 9.71 Å². The van der Waals surface area contributed by atoms with Gasteiger partial charge in [-0.15, -0.1) is 0 Å². The van der Waals surface area contributed by atoms with Crippen LogP contribution in [0.3, 0.4) is 0 Å². The van der Waals surface area contributed by atoms with E-state index in [1.807, 2.05) is 18.2 Å². The topological polar surface area (TPSA) is 94.3 Å². The van der Waals surface area contributed by atoms with Crippen LogP contribution in [0.2, 0.25) is 0 Å². The number of sulfonamides is 1. The molecule has 6 nitrogen and oxygen atoms in total. The maximum atomic E-state index is 12.0. The highest BCUT2D eigenvalue weighted by Gasteiger charge is 2.17. The van der Waals surface area contributed by atoms with E-state index in [4.69, 9.17) is 10.5 Å². The predicted octanol–water partition coefficient (Wildman–Crippen LogP) is 1.02. The number of anilines is 1. The molecule has 0 aliphatic carbocycles. The monoisotopic (exact) mass is 293 g/mol. The summed E-state index contributed by atoms with van der Waals surface area (Å²) in [5.41, 5.74) is 5.70. The fourth-order valence-electron chi connectivity index (χ4n) is 1.56. The molecule has 1 aromatic carbocycles. The summed E-state index contributed by atoms with van der Waals surface area (Å²) < 4.78 is 31.7. The van der Waals surface area contributed by atoms with Crippen molar-refractivity contribution in [1.29, 1.82) is 0 Å². The Kier molecular flexibility index (Phi) is 4.54. The highest BCUT2D eigenvalue weighted by atomic mass is 32.2. The van der Waals surface area contributed by atoms with Gasteiger partial charge in [0.05, 0.1) is 5.69 Å². The summed E-state index contributed by atoms with van der Waals surface area (Å²) in [5, 5.41) is -0.167. The molecule has 0 amide bonds. The lowest BCUT2D eigenvalue weighted by molar-refractivity contribution is 0.323. The molecule has 3 N–H and O–H groups in total. The number of pyridine rings is 1. The van der Waals surface area contributed by atoms with Gasteiger partial charge in [0.2, 0.25) is 0 Å². The van der Waals surface area contributed by atoms with E-state index in [0.29, 0.717) is 5.75 Å². The molecule has 106 valence electrons. The van der Waals surface area contributed by atoms with E-state index in [0.717, 1.165) is 0 Å². The first-order valence-electron chi connectivity index (χ1n) is 5.97. The lowest BCUT2D eigenvalue weighted by atomic mass is 10.3. The Morgan fingerprint density at radius 1 is 1.15 bits per heavy atom. The molecule has 20 heavy (non-hydrogen) atoms. The number of nitrogen functional groups attached to an aromatic ring is 1. The molecule has 0 unspecified atom stereocenters. The van der Waals surface area contributed by atoms with Gasteiger partial charge in [0.1, 0.15) is 12.4 Å². The molecule has 7 heteroatoms. The van der Waals surface area contributed by atoms with Crippen LogP contribution in [0, 0.1) is 0 Å². The Morgan fingerprint density at radius 3 is 2.60 bits per heavy atom. The van der Waals surface area contributed by atoms with Gasteiger partial charge in [-0.25, -0.2) is 18.1 Å². The number of nitrogens with zero attached hydrogens (tertiary/aromatic N) is 1. The van der Waals surface area contributed by atoms with Crippen molar-refractivity contribution in [2.75, 3.05) is 18.9 Å². The number of hydrogen-bond donors (Lipinski definition) is 2. The normalized spacial score (nSPS) is 11.2. The van der Waals surface area contributed by atoms with Gasteiger partial charge in [0.15, 0.2) is 5.03 Å². The lowest BCUT2D eigenvalue weighted by Crippen LogP contribution is -2.29. The molecule has 0 fully saturated rings.